The summed E-state index contributed by atoms with van der Waals surface area (Å²) in [6.07, 6.45) is -0.219. The van der Waals surface area contributed by atoms with Crippen LogP contribution in [0.25, 0.3) is 0 Å². The quantitative estimate of drug-likeness (QED) is 0.758. The maximum absolute atomic E-state index is 10.8. The summed E-state index contributed by atoms with van der Waals surface area (Å²) in [7, 11) is -1.84. The van der Waals surface area contributed by atoms with E-state index < -0.39 is 20.2 Å². The molecule has 0 fully saturated rings. The van der Waals surface area contributed by atoms with E-state index in [2.05, 4.69) is 33.9 Å². The number of aliphatic carboxylic acids is 1. The van der Waals surface area contributed by atoms with Gasteiger partial charge in [-0.15, -0.1) is 0 Å². The molecule has 0 heterocycles. The Hall–Kier alpha value is -0.353. The molecular formula is C11H24O3Si. The first-order chi connectivity index (χ1) is 6.49. The first kappa shape index (κ1) is 14.6. The van der Waals surface area contributed by atoms with Gasteiger partial charge in [-0.2, -0.15) is 0 Å². The van der Waals surface area contributed by atoms with Gasteiger partial charge in [0.15, 0.2) is 8.32 Å². The molecule has 0 bridgehead atoms. The van der Waals surface area contributed by atoms with Crippen LogP contribution >= 0.6 is 0 Å². The van der Waals surface area contributed by atoms with Crippen molar-refractivity contribution < 1.29 is 14.3 Å². The normalized spacial score (nSPS) is 17.3. The van der Waals surface area contributed by atoms with Crippen LogP contribution in [0.2, 0.25) is 18.1 Å². The molecule has 3 nitrogen and oxygen atoms in total. The van der Waals surface area contributed by atoms with Crippen molar-refractivity contribution in [2.45, 2.75) is 58.9 Å². The zero-order chi connectivity index (χ0) is 12.4. The fourth-order valence-electron chi connectivity index (χ4n) is 0.944. The Labute approximate surface area is 94.0 Å². The number of rotatable bonds is 4. The average Bonchev–Trinajstić information content (AvgIpc) is 1.99. The van der Waals surface area contributed by atoms with E-state index in [0.717, 1.165) is 0 Å². The molecule has 0 spiro atoms. The molecule has 15 heavy (non-hydrogen) atoms. The van der Waals surface area contributed by atoms with Gasteiger partial charge in [0, 0.05) is 0 Å². The van der Waals surface area contributed by atoms with E-state index >= 15 is 0 Å². The van der Waals surface area contributed by atoms with Crippen molar-refractivity contribution in [1.82, 2.24) is 0 Å². The molecular weight excluding hydrogens is 208 g/mol. The van der Waals surface area contributed by atoms with Crippen molar-refractivity contribution in [2.24, 2.45) is 5.92 Å². The second-order valence-corrected chi connectivity index (χ2v) is 10.5. The minimum absolute atomic E-state index is 0.124. The standard InChI is InChI=1S/C11H24O3Si/c1-8(10(12)13)9(2)14-15(6,7)11(3,4)5/h8-9H,1-7H3,(H,12,13)/t8-,9?/m1/s1. The molecule has 0 aliphatic heterocycles. The van der Waals surface area contributed by atoms with Crippen molar-refractivity contribution >= 4 is 14.3 Å². The second-order valence-electron chi connectivity index (χ2n) is 5.71. The molecule has 0 amide bonds. The van der Waals surface area contributed by atoms with E-state index in [1.54, 1.807) is 6.92 Å². The van der Waals surface area contributed by atoms with Gasteiger partial charge in [-0.3, -0.25) is 4.79 Å². The summed E-state index contributed by atoms with van der Waals surface area (Å²) < 4.78 is 5.98. The highest BCUT2D eigenvalue weighted by molar-refractivity contribution is 6.74. The third kappa shape index (κ3) is 3.95. The molecule has 1 unspecified atom stereocenters. The highest BCUT2D eigenvalue weighted by Crippen LogP contribution is 2.37. The third-order valence-corrected chi connectivity index (χ3v) is 7.95. The third-order valence-electron chi connectivity index (χ3n) is 3.38. The van der Waals surface area contributed by atoms with Crippen LogP contribution in [-0.2, 0) is 9.22 Å². The van der Waals surface area contributed by atoms with Gasteiger partial charge in [0.2, 0.25) is 0 Å². The van der Waals surface area contributed by atoms with Crippen LogP contribution in [0.15, 0.2) is 0 Å². The fourth-order valence-corrected chi connectivity index (χ4v) is 2.43. The first-order valence-corrected chi connectivity index (χ1v) is 8.30. The van der Waals surface area contributed by atoms with E-state index in [0.29, 0.717) is 0 Å². The summed E-state index contributed by atoms with van der Waals surface area (Å²) in [4.78, 5) is 10.8. The Bertz CT molecular complexity index is 230. The van der Waals surface area contributed by atoms with E-state index in [-0.39, 0.29) is 11.1 Å². The minimum atomic E-state index is -1.84. The number of carboxylic acids is 1. The highest BCUT2D eigenvalue weighted by Gasteiger charge is 2.39. The van der Waals surface area contributed by atoms with E-state index in [1.165, 1.54) is 0 Å². The monoisotopic (exact) mass is 232 g/mol. The Balaban J connectivity index is 4.54. The van der Waals surface area contributed by atoms with Crippen LogP contribution in [0, 0.1) is 5.92 Å². The van der Waals surface area contributed by atoms with Gasteiger partial charge in [-0.25, -0.2) is 0 Å². The maximum Gasteiger partial charge on any atom is 0.308 e. The van der Waals surface area contributed by atoms with Crippen molar-refractivity contribution in [3.05, 3.63) is 0 Å². The topological polar surface area (TPSA) is 46.5 Å². The Morgan fingerprint density at radius 1 is 1.27 bits per heavy atom. The zero-order valence-electron chi connectivity index (χ0n) is 10.9. The van der Waals surface area contributed by atoms with Crippen molar-refractivity contribution in [2.75, 3.05) is 0 Å². The fraction of sp³-hybridized carbons (Fsp3) is 0.909. The van der Waals surface area contributed by atoms with Crippen molar-refractivity contribution in [3.8, 4) is 0 Å². The summed E-state index contributed by atoms with van der Waals surface area (Å²) in [5, 5.41) is 9.01. The molecule has 90 valence electrons. The molecule has 0 aromatic carbocycles. The predicted molar refractivity (Wildman–Crippen MR) is 64.5 cm³/mol. The van der Waals surface area contributed by atoms with Gasteiger partial charge in [-0.05, 0) is 32.0 Å². The lowest BCUT2D eigenvalue weighted by Crippen LogP contribution is -2.45. The number of hydrogen-bond acceptors (Lipinski definition) is 2. The lowest BCUT2D eigenvalue weighted by atomic mass is 10.1. The van der Waals surface area contributed by atoms with Gasteiger partial charge in [0.25, 0.3) is 0 Å². The van der Waals surface area contributed by atoms with Gasteiger partial charge in [-0.1, -0.05) is 20.8 Å². The molecule has 2 atom stereocenters. The molecule has 4 heteroatoms. The SMILES string of the molecule is CC(O[Si](C)(C)C(C)(C)C)[C@@H](C)C(=O)O. The smallest absolute Gasteiger partial charge is 0.308 e. The Kier molecular flexibility index (Phi) is 4.55. The summed E-state index contributed by atoms with van der Waals surface area (Å²) in [5.41, 5.74) is 0. The van der Waals surface area contributed by atoms with Gasteiger partial charge in [0.05, 0.1) is 12.0 Å². The van der Waals surface area contributed by atoms with Crippen molar-refractivity contribution in [3.63, 3.8) is 0 Å². The highest BCUT2D eigenvalue weighted by atomic mass is 28.4. The lowest BCUT2D eigenvalue weighted by molar-refractivity contribution is -0.144. The van der Waals surface area contributed by atoms with Gasteiger partial charge >= 0.3 is 5.97 Å². The number of carboxylic acid groups (broad SMARTS) is 1. The van der Waals surface area contributed by atoms with Crippen LogP contribution in [0.3, 0.4) is 0 Å². The molecule has 0 aromatic rings. The molecule has 0 rings (SSSR count). The summed E-state index contributed by atoms with van der Waals surface area (Å²) in [5.74, 6) is -1.24. The molecule has 0 radical (unpaired) electrons. The maximum atomic E-state index is 10.8. The molecule has 0 aromatic heterocycles. The van der Waals surface area contributed by atoms with Crippen LogP contribution in [-0.4, -0.2) is 25.5 Å². The van der Waals surface area contributed by atoms with Gasteiger partial charge < -0.3 is 9.53 Å². The predicted octanol–water partition coefficient (Wildman–Crippen LogP) is 3.12. The van der Waals surface area contributed by atoms with Crippen LogP contribution < -0.4 is 0 Å². The molecule has 1 N–H and O–H groups in total. The average molecular weight is 232 g/mol. The number of carbonyl (C=O) groups is 1. The van der Waals surface area contributed by atoms with E-state index in [1.807, 2.05) is 6.92 Å². The zero-order valence-corrected chi connectivity index (χ0v) is 11.9. The van der Waals surface area contributed by atoms with Crippen molar-refractivity contribution in [1.29, 1.82) is 0 Å². The summed E-state index contributed by atoms with van der Waals surface area (Å²) >= 11 is 0. The molecule has 0 saturated carbocycles. The van der Waals surface area contributed by atoms with Gasteiger partial charge in [0.1, 0.15) is 0 Å². The van der Waals surface area contributed by atoms with Crippen LogP contribution in [0.5, 0.6) is 0 Å². The molecule has 0 aliphatic rings. The second kappa shape index (κ2) is 4.66. The Morgan fingerprint density at radius 3 is 1.93 bits per heavy atom. The van der Waals surface area contributed by atoms with E-state index in [4.69, 9.17) is 9.53 Å². The molecule has 0 aliphatic carbocycles. The van der Waals surface area contributed by atoms with Crippen LogP contribution in [0.4, 0.5) is 0 Å². The summed E-state index contributed by atoms with van der Waals surface area (Å²) in [6, 6.07) is 0. The first-order valence-electron chi connectivity index (χ1n) is 5.39. The summed E-state index contributed by atoms with van der Waals surface area (Å²) in [6.45, 7) is 14.3. The van der Waals surface area contributed by atoms with Crippen LogP contribution in [0.1, 0.15) is 34.6 Å². The van der Waals surface area contributed by atoms with E-state index in [9.17, 15) is 4.79 Å². The largest absolute Gasteiger partial charge is 0.481 e. The minimum Gasteiger partial charge on any atom is -0.481 e. The number of hydrogen-bond donors (Lipinski definition) is 1. The lowest BCUT2D eigenvalue weighted by Gasteiger charge is -2.39. The molecule has 0 saturated heterocycles. The Morgan fingerprint density at radius 2 is 1.67 bits per heavy atom.